The van der Waals surface area contributed by atoms with Crippen molar-refractivity contribution in [1.29, 1.82) is 0 Å². The van der Waals surface area contributed by atoms with Gasteiger partial charge in [-0.05, 0) is 35.9 Å². The van der Waals surface area contributed by atoms with Crippen LogP contribution in [0.5, 0.6) is 0 Å². The fourth-order valence-electron chi connectivity index (χ4n) is 3.68. The minimum Gasteiger partial charge on any atom is -0.277 e. The highest BCUT2D eigenvalue weighted by atomic mass is 35.5. The highest BCUT2D eigenvalue weighted by Crippen LogP contribution is 2.56. The molecule has 1 atom stereocenters. The van der Waals surface area contributed by atoms with Crippen molar-refractivity contribution in [1.82, 2.24) is 0 Å². The molecular weight excluding hydrogens is 441 g/mol. The molecule has 1 unspecified atom stereocenters. The molecule has 4 aromatic rings. The van der Waals surface area contributed by atoms with Crippen LogP contribution in [0, 0.1) is 0 Å². The van der Waals surface area contributed by atoms with Gasteiger partial charge in [-0.15, -0.1) is 34.7 Å². The number of anilines is 2. The molecule has 1 aliphatic rings. The summed E-state index contributed by atoms with van der Waals surface area (Å²) in [6.45, 7) is 0. The van der Waals surface area contributed by atoms with E-state index in [2.05, 4.69) is 30.3 Å². The van der Waals surface area contributed by atoms with Crippen molar-refractivity contribution >= 4 is 73.7 Å². The van der Waals surface area contributed by atoms with Gasteiger partial charge in [-0.1, -0.05) is 54.1 Å². The van der Waals surface area contributed by atoms with Crippen LogP contribution in [0.2, 0.25) is 5.02 Å². The molecule has 2 heterocycles. The van der Waals surface area contributed by atoms with Gasteiger partial charge < -0.3 is 0 Å². The normalized spacial score (nSPS) is 15.7. The number of halogens is 2. The molecule has 144 valence electrons. The molecule has 2 nitrogen and oxygen atoms in total. The van der Waals surface area contributed by atoms with Crippen LogP contribution in [0.25, 0.3) is 10.1 Å². The summed E-state index contributed by atoms with van der Waals surface area (Å²) in [5.74, 6) is -0.199. The van der Waals surface area contributed by atoms with Gasteiger partial charge in [-0.25, -0.2) is 0 Å². The molecule has 1 amide bonds. The number of carbonyl (C=O) groups excluding carboxylic acids is 1. The van der Waals surface area contributed by atoms with Crippen LogP contribution in [-0.2, 0) is 4.79 Å². The second-order valence-corrected chi connectivity index (χ2v) is 9.63. The number of alkyl halides is 1. The van der Waals surface area contributed by atoms with E-state index in [0.717, 1.165) is 36.8 Å². The van der Waals surface area contributed by atoms with Crippen molar-refractivity contribution in [3.63, 3.8) is 0 Å². The van der Waals surface area contributed by atoms with E-state index < -0.39 is 0 Å². The topological polar surface area (TPSA) is 20.3 Å². The van der Waals surface area contributed by atoms with Crippen LogP contribution in [0.4, 0.5) is 11.4 Å². The van der Waals surface area contributed by atoms with Crippen LogP contribution in [0.1, 0.15) is 15.7 Å². The second kappa shape index (κ2) is 7.69. The third-order valence-corrected chi connectivity index (χ3v) is 8.14. The van der Waals surface area contributed by atoms with Gasteiger partial charge in [0, 0.05) is 24.9 Å². The zero-order valence-electron chi connectivity index (χ0n) is 15.1. The smallest absolute Gasteiger partial charge is 0.246 e. The zero-order valence-corrected chi connectivity index (χ0v) is 18.3. The standard InChI is InChI=1S/C23H15Cl2NOS2/c24-13-20(27)26-17-6-2-4-8-19(17)29-22(14-9-11-15(25)12-10-14)23-21(26)16-5-1-3-7-18(16)28-23/h1-12,22H,13H2. The van der Waals surface area contributed by atoms with Gasteiger partial charge in [0.2, 0.25) is 5.91 Å². The van der Waals surface area contributed by atoms with Crippen molar-refractivity contribution in [2.75, 3.05) is 10.8 Å². The Hall–Kier alpha value is -1.98. The number of nitrogens with zero attached hydrogens (tertiary/aromatic N) is 1. The predicted octanol–water partition coefficient (Wildman–Crippen LogP) is 7.65. The number of thiophene rings is 1. The van der Waals surface area contributed by atoms with E-state index in [1.165, 1.54) is 0 Å². The number of rotatable bonds is 2. The van der Waals surface area contributed by atoms with Crippen LogP contribution >= 0.6 is 46.3 Å². The molecule has 0 spiro atoms. The molecule has 0 saturated heterocycles. The Morgan fingerprint density at radius 2 is 1.69 bits per heavy atom. The maximum absolute atomic E-state index is 13.0. The molecule has 0 aliphatic carbocycles. The summed E-state index contributed by atoms with van der Waals surface area (Å²) >= 11 is 15.7. The number of carbonyl (C=O) groups is 1. The number of thioether (sulfide) groups is 1. The van der Waals surface area contributed by atoms with E-state index in [0.29, 0.717) is 5.02 Å². The fraction of sp³-hybridized carbons (Fsp3) is 0.0870. The van der Waals surface area contributed by atoms with Gasteiger partial charge in [0.15, 0.2) is 0 Å². The van der Waals surface area contributed by atoms with Crippen LogP contribution in [0.15, 0.2) is 77.7 Å². The first-order valence-electron chi connectivity index (χ1n) is 9.09. The van der Waals surface area contributed by atoms with E-state index in [9.17, 15) is 4.79 Å². The van der Waals surface area contributed by atoms with Crippen molar-refractivity contribution < 1.29 is 4.79 Å². The quantitative estimate of drug-likeness (QED) is 0.289. The van der Waals surface area contributed by atoms with Gasteiger partial charge in [0.05, 0.1) is 16.6 Å². The minimum absolute atomic E-state index is 0.0499. The van der Waals surface area contributed by atoms with Gasteiger partial charge in [0.1, 0.15) is 5.88 Å². The maximum Gasteiger partial charge on any atom is 0.246 e. The highest BCUT2D eigenvalue weighted by molar-refractivity contribution is 8.00. The summed E-state index contributed by atoms with van der Waals surface area (Å²) in [7, 11) is 0. The summed E-state index contributed by atoms with van der Waals surface area (Å²) < 4.78 is 1.16. The van der Waals surface area contributed by atoms with Crippen LogP contribution < -0.4 is 4.90 Å². The van der Waals surface area contributed by atoms with E-state index in [1.807, 2.05) is 42.5 Å². The monoisotopic (exact) mass is 455 g/mol. The molecule has 0 saturated carbocycles. The van der Waals surface area contributed by atoms with E-state index in [1.54, 1.807) is 28.0 Å². The molecule has 0 bridgehead atoms. The Labute approximate surface area is 187 Å². The van der Waals surface area contributed by atoms with Gasteiger partial charge in [-0.3, -0.25) is 9.69 Å². The second-order valence-electron chi connectivity index (χ2n) is 6.69. The fourth-order valence-corrected chi connectivity index (χ4v) is 6.61. The molecule has 1 aliphatic heterocycles. The largest absolute Gasteiger partial charge is 0.277 e. The Morgan fingerprint density at radius 1 is 0.966 bits per heavy atom. The van der Waals surface area contributed by atoms with Crippen molar-refractivity contribution in [3.8, 4) is 0 Å². The Kier molecular flexibility index (Phi) is 5.04. The Balaban J connectivity index is 1.84. The van der Waals surface area contributed by atoms with Crippen molar-refractivity contribution in [2.24, 2.45) is 0 Å². The molecule has 0 N–H and O–H groups in total. The first kappa shape index (κ1) is 19.0. The Morgan fingerprint density at radius 3 is 2.48 bits per heavy atom. The van der Waals surface area contributed by atoms with Crippen molar-refractivity contribution in [2.45, 2.75) is 10.1 Å². The molecule has 0 fully saturated rings. The zero-order chi connectivity index (χ0) is 20.0. The first-order chi connectivity index (χ1) is 14.2. The lowest BCUT2D eigenvalue weighted by atomic mass is 10.1. The highest BCUT2D eigenvalue weighted by Gasteiger charge is 2.34. The predicted molar refractivity (Wildman–Crippen MR) is 125 cm³/mol. The summed E-state index contributed by atoms with van der Waals surface area (Å²) in [6.07, 6.45) is 0. The van der Waals surface area contributed by atoms with Gasteiger partial charge >= 0.3 is 0 Å². The molecule has 6 heteroatoms. The molecule has 29 heavy (non-hydrogen) atoms. The lowest BCUT2D eigenvalue weighted by Gasteiger charge is -2.23. The summed E-state index contributed by atoms with van der Waals surface area (Å²) in [5.41, 5.74) is 2.97. The molecule has 3 aromatic carbocycles. The summed E-state index contributed by atoms with van der Waals surface area (Å²) in [5, 5.41) is 1.83. The van der Waals surface area contributed by atoms with Gasteiger partial charge in [-0.2, -0.15) is 0 Å². The third-order valence-electron chi connectivity index (χ3n) is 4.94. The van der Waals surface area contributed by atoms with E-state index >= 15 is 0 Å². The van der Waals surface area contributed by atoms with Crippen molar-refractivity contribution in [3.05, 3.63) is 88.3 Å². The number of fused-ring (bicyclic) bond motifs is 4. The van der Waals surface area contributed by atoms with Gasteiger partial charge in [0.25, 0.3) is 0 Å². The minimum atomic E-state index is -0.124. The number of hydrogen-bond donors (Lipinski definition) is 0. The molecule has 5 rings (SSSR count). The number of amides is 1. The average Bonchev–Trinajstić information content (AvgIpc) is 3.06. The van der Waals surface area contributed by atoms with E-state index in [-0.39, 0.29) is 17.0 Å². The molecule has 0 radical (unpaired) electrons. The molecule has 1 aromatic heterocycles. The summed E-state index contributed by atoms with van der Waals surface area (Å²) in [4.78, 5) is 17.1. The Bertz CT molecular complexity index is 1220. The van der Waals surface area contributed by atoms with Crippen LogP contribution in [-0.4, -0.2) is 11.8 Å². The molecular formula is C23H15Cl2NOS2. The summed E-state index contributed by atoms with van der Waals surface area (Å²) in [6, 6.07) is 24.2. The van der Waals surface area contributed by atoms with E-state index in [4.69, 9.17) is 23.2 Å². The number of para-hydroxylation sites is 1. The lowest BCUT2D eigenvalue weighted by molar-refractivity contribution is -0.115. The first-order valence-corrected chi connectivity index (χ1v) is 11.7. The number of hydrogen-bond acceptors (Lipinski definition) is 3. The maximum atomic E-state index is 13.0. The third kappa shape index (κ3) is 3.24. The number of benzene rings is 3. The van der Waals surface area contributed by atoms with Crippen LogP contribution in [0.3, 0.4) is 0 Å². The lowest BCUT2D eigenvalue weighted by Crippen LogP contribution is -2.27. The SMILES string of the molecule is O=C(CCl)N1c2ccccc2SC(c2ccc(Cl)cc2)c2sc3ccccc3c21. The average molecular weight is 456 g/mol.